The van der Waals surface area contributed by atoms with Gasteiger partial charge in [0, 0.05) is 11.6 Å². The molecule has 0 radical (unpaired) electrons. The van der Waals surface area contributed by atoms with Gasteiger partial charge < -0.3 is 10.3 Å². The van der Waals surface area contributed by atoms with Gasteiger partial charge in [-0.2, -0.15) is 0 Å². The summed E-state index contributed by atoms with van der Waals surface area (Å²) in [5.41, 5.74) is 7.96. The van der Waals surface area contributed by atoms with Crippen molar-refractivity contribution in [1.29, 1.82) is 0 Å². The first kappa shape index (κ1) is 6.85. The van der Waals surface area contributed by atoms with Gasteiger partial charge >= 0.3 is 0 Å². The Labute approximate surface area is 65.6 Å². The third-order valence-electron chi connectivity index (χ3n) is 2.28. The molecule has 0 aliphatic heterocycles. The van der Waals surface area contributed by atoms with Gasteiger partial charge in [-0.3, -0.25) is 0 Å². The molecule has 0 spiro atoms. The minimum Gasteiger partial charge on any atom is -0.364 e. The molecule has 0 aromatic carbocycles. The summed E-state index contributed by atoms with van der Waals surface area (Å²) < 4.78 is 4.81. The molecule has 1 aromatic rings. The highest BCUT2D eigenvalue weighted by atomic mass is 16.5. The van der Waals surface area contributed by atoms with E-state index in [0.29, 0.717) is 5.92 Å². The number of nitrogens with two attached hydrogens (primary N) is 1. The fraction of sp³-hybridized carbons (Fsp3) is 0.625. The lowest BCUT2D eigenvalue weighted by Gasteiger charge is -2.06. The van der Waals surface area contributed by atoms with E-state index in [9.17, 15) is 0 Å². The van der Waals surface area contributed by atoms with E-state index in [0.717, 1.165) is 11.3 Å². The molecule has 1 atom stereocenters. The molecule has 1 aliphatic carbocycles. The maximum absolute atomic E-state index is 5.95. The fourth-order valence-electron chi connectivity index (χ4n) is 1.33. The van der Waals surface area contributed by atoms with Crippen LogP contribution in [-0.2, 0) is 0 Å². The van der Waals surface area contributed by atoms with Crippen LogP contribution in [-0.4, -0.2) is 5.16 Å². The summed E-state index contributed by atoms with van der Waals surface area (Å²) in [6, 6.07) is 0.154. The summed E-state index contributed by atoms with van der Waals surface area (Å²) in [6.45, 7) is 1.93. The van der Waals surface area contributed by atoms with Crippen LogP contribution in [0.25, 0.3) is 0 Å². The molecule has 11 heavy (non-hydrogen) atoms. The van der Waals surface area contributed by atoms with E-state index in [1.165, 1.54) is 12.8 Å². The first-order valence-electron chi connectivity index (χ1n) is 3.95. The van der Waals surface area contributed by atoms with E-state index in [-0.39, 0.29) is 6.04 Å². The zero-order chi connectivity index (χ0) is 7.84. The van der Waals surface area contributed by atoms with Crippen LogP contribution in [0.2, 0.25) is 0 Å². The van der Waals surface area contributed by atoms with Crippen LogP contribution in [0.3, 0.4) is 0 Å². The predicted molar refractivity (Wildman–Crippen MR) is 40.9 cm³/mol. The molecule has 2 rings (SSSR count). The molecule has 1 saturated carbocycles. The first-order valence-corrected chi connectivity index (χ1v) is 3.95. The topological polar surface area (TPSA) is 52.0 Å². The molecule has 2 N–H and O–H groups in total. The molecule has 0 bridgehead atoms. The SMILES string of the molecule is Cc1nocc1[C@H](N)C1CC1. The van der Waals surface area contributed by atoms with Crippen molar-refractivity contribution < 1.29 is 4.52 Å². The Bertz CT molecular complexity index is 252. The Kier molecular flexibility index (Phi) is 1.46. The van der Waals surface area contributed by atoms with Crippen molar-refractivity contribution >= 4 is 0 Å². The Hall–Kier alpha value is -0.830. The standard InChI is InChI=1S/C8H12N2O/c1-5-7(4-11-10-5)8(9)6-2-3-6/h4,6,8H,2-3,9H2,1H3/t8-/m1/s1. The molecule has 0 amide bonds. The summed E-state index contributed by atoms with van der Waals surface area (Å²) in [7, 11) is 0. The molecule has 0 unspecified atom stereocenters. The van der Waals surface area contributed by atoms with E-state index in [2.05, 4.69) is 5.16 Å². The quantitative estimate of drug-likeness (QED) is 0.696. The maximum Gasteiger partial charge on any atom is 0.128 e. The minimum atomic E-state index is 0.154. The van der Waals surface area contributed by atoms with Crippen LogP contribution in [0, 0.1) is 12.8 Å². The van der Waals surface area contributed by atoms with Crippen molar-refractivity contribution in [2.45, 2.75) is 25.8 Å². The van der Waals surface area contributed by atoms with Crippen LogP contribution in [0.4, 0.5) is 0 Å². The molecule has 1 heterocycles. The zero-order valence-electron chi connectivity index (χ0n) is 6.58. The molecule has 60 valence electrons. The Balaban J connectivity index is 2.20. The number of aryl methyl sites for hydroxylation is 1. The number of hydrogen-bond donors (Lipinski definition) is 1. The highest BCUT2D eigenvalue weighted by Crippen LogP contribution is 2.39. The molecule has 3 heteroatoms. The number of hydrogen-bond acceptors (Lipinski definition) is 3. The molecule has 1 aromatic heterocycles. The van der Waals surface area contributed by atoms with Crippen molar-refractivity contribution in [2.75, 3.05) is 0 Å². The smallest absolute Gasteiger partial charge is 0.128 e. The Morgan fingerprint density at radius 1 is 1.73 bits per heavy atom. The van der Waals surface area contributed by atoms with E-state index >= 15 is 0 Å². The molecule has 1 fully saturated rings. The molecule has 0 saturated heterocycles. The second-order valence-electron chi connectivity index (χ2n) is 3.22. The number of rotatable bonds is 2. The van der Waals surface area contributed by atoms with Gasteiger partial charge in [0.15, 0.2) is 0 Å². The van der Waals surface area contributed by atoms with Gasteiger partial charge in [-0.15, -0.1) is 0 Å². The summed E-state index contributed by atoms with van der Waals surface area (Å²) >= 11 is 0. The summed E-state index contributed by atoms with van der Waals surface area (Å²) in [6.07, 6.45) is 4.18. The summed E-state index contributed by atoms with van der Waals surface area (Å²) in [4.78, 5) is 0. The van der Waals surface area contributed by atoms with Crippen molar-refractivity contribution in [3.05, 3.63) is 17.5 Å². The molecule has 1 aliphatic rings. The van der Waals surface area contributed by atoms with E-state index in [1.54, 1.807) is 6.26 Å². The fourth-order valence-corrected chi connectivity index (χ4v) is 1.33. The summed E-state index contributed by atoms with van der Waals surface area (Å²) in [5, 5.41) is 3.79. The average Bonchev–Trinajstić information content (AvgIpc) is 2.74. The normalized spacial score (nSPS) is 20.2. The molecule has 3 nitrogen and oxygen atoms in total. The van der Waals surface area contributed by atoms with Gasteiger partial charge in [0.1, 0.15) is 6.26 Å². The van der Waals surface area contributed by atoms with Gasteiger partial charge in [-0.1, -0.05) is 5.16 Å². The second kappa shape index (κ2) is 2.34. The van der Waals surface area contributed by atoms with Crippen molar-refractivity contribution in [1.82, 2.24) is 5.16 Å². The van der Waals surface area contributed by atoms with Crippen molar-refractivity contribution in [3.63, 3.8) is 0 Å². The van der Waals surface area contributed by atoms with Gasteiger partial charge in [0.2, 0.25) is 0 Å². The maximum atomic E-state index is 5.95. The average molecular weight is 152 g/mol. The first-order chi connectivity index (χ1) is 5.29. The van der Waals surface area contributed by atoms with E-state index in [1.807, 2.05) is 6.92 Å². The highest BCUT2D eigenvalue weighted by Gasteiger charge is 2.31. The Morgan fingerprint density at radius 2 is 2.45 bits per heavy atom. The van der Waals surface area contributed by atoms with Gasteiger partial charge in [0.25, 0.3) is 0 Å². The lowest BCUT2D eigenvalue weighted by molar-refractivity contribution is 0.413. The summed E-state index contributed by atoms with van der Waals surface area (Å²) in [5.74, 6) is 0.674. The van der Waals surface area contributed by atoms with Crippen molar-refractivity contribution in [3.8, 4) is 0 Å². The van der Waals surface area contributed by atoms with E-state index in [4.69, 9.17) is 10.3 Å². The second-order valence-corrected chi connectivity index (χ2v) is 3.22. The third-order valence-corrected chi connectivity index (χ3v) is 2.28. The predicted octanol–water partition coefficient (Wildman–Crippen LogP) is 1.39. The van der Waals surface area contributed by atoms with Gasteiger partial charge in [-0.25, -0.2) is 0 Å². The lowest BCUT2D eigenvalue weighted by atomic mass is 10.1. The van der Waals surface area contributed by atoms with Crippen molar-refractivity contribution in [2.24, 2.45) is 11.7 Å². The number of aromatic nitrogens is 1. The monoisotopic (exact) mass is 152 g/mol. The molecular weight excluding hydrogens is 140 g/mol. The lowest BCUT2D eigenvalue weighted by Crippen LogP contribution is -2.12. The largest absolute Gasteiger partial charge is 0.364 e. The van der Waals surface area contributed by atoms with E-state index < -0.39 is 0 Å². The Morgan fingerprint density at radius 3 is 2.91 bits per heavy atom. The number of nitrogens with zero attached hydrogens (tertiary/aromatic N) is 1. The zero-order valence-corrected chi connectivity index (χ0v) is 6.58. The van der Waals surface area contributed by atoms with Crippen LogP contribution in [0.1, 0.15) is 30.1 Å². The van der Waals surface area contributed by atoms with Crippen LogP contribution < -0.4 is 5.73 Å². The molecular formula is C8H12N2O. The van der Waals surface area contributed by atoms with Gasteiger partial charge in [-0.05, 0) is 25.7 Å². The van der Waals surface area contributed by atoms with Crippen LogP contribution in [0.5, 0.6) is 0 Å². The third kappa shape index (κ3) is 1.16. The van der Waals surface area contributed by atoms with Crippen LogP contribution in [0.15, 0.2) is 10.8 Å². The minimum absolute atomic E-state index is 0.154. The van der Waals surface area contributed by atoms with Crippen LogP contribution >= 0.6 is 0 Å². The van der Waals surface area contributed by atoms with Gasteiger partial charge in [0.05, 0.1) is 5.69 Å². The highest BCUT2D eigenvalue weighted by molar-refractivity contribution is 5.19.